The lowest BCUT2D eigenvalue weighted by atomic mass is 9.86. The summed E-state index contributed by atoms with van der Waals surface area (Å²) in [6.07, 6.45) is 8.26. The van der Waals surface area contributed by atoms with E-state index < -0.39 is 4.92 Å². The Morgan fingerprint density at radius 1 is 1.25 bits per heavy atom. The topological polar surface area (TPSA) is 84.5 Å². The Kier molecular flexibility index (Phi) is 5.01. The molecule has 8 nitrogen and oxygen atoms in total. The van der Waals surface area contributed by atoms with Crippen LogP contribution in [0.1, 0.15) is 38.5 Å². The number of nitro groups is 1. The maximum Gasteiger partial charge on any atom is 0.406 e. The number of anilines is 1. The van der Waals surface area contributed by atoms with Crippen LogP contribution >= 0.6 is 0 Å². The van der Waals surface area contributed by atoms with E-state index in [1.165, 1.54) is 38.4 Å². The number of piperazine rings is 1. The first kappa shape index (κ1) is 16.7. The predicted molar refractivity (Wildman–Crippen MR) is 89.8 cm³/mol. The normalized spacial score (nSPS) is 19.5. The minimum Gasteiger partial charge on any atom is -0.358 e. The highest BCUT2D eigenvalue weighted by molar-refractivity contribution is 5.76. The van der Waals surface area contributed by atoms with E-state index in [9.17, 15) is 14.9 Å². The Bertz CT molecular complexity index is 601. The average molecular weight is 335 g/mol. The lowest BCUT2D eigenvalue weighted by molar-refractivity contribution is -0.388. The van der Waals surface area contributed by atoms with Crippen molar-refractivity contribution < 1.29 is 9.72 Å². The van der Waals surface area contributed by atoms with Gasteiger partial charge in [0.15, 0.2) is 0 Å². The molecule has 1 aromatic rings. The molecule has 1 aliphatic heterocycles. The monoisotopic (exact) mass is 335 g/mol. The van der Waals surface area contributed by atoms with Crippen molar-refractivity contribution >= 4 is 17.5 Å². The standard InChI is InChI=1S/C16H25N5O3/c1-18-12-17-15(21(23)24)16(18)20-9-7-19(8-10-20)14(22)11-13-5-3-2-4-6-13/h12-13H,2-11H2,1H3. The maximum absolute atomic E-state index is 12.5. The van der Waals surface area contributed by atoms with E-state index in [1.54, 1.807) is 11.6 Å². The summed E-state index contributed by atoms with van der Waals surface area (Å²) in [7, 11) is 1.76. The van der Waals surface area contributed by atoms with Crippen LogP contribution < -0.4 is 4.90 Å². The molecule has 8 heteroatoms. The highest BCUT2D eigenvalue weighted by Crippen LogP contribution is 2.29. The molecule has 1 aromatic heterocycles. The van der Waals surface area contributed by atoms with Crippen molar-refractivity contribution in [1.82, 2.24) is 14.5 Å². The highest BCUT2D eigenvalue weighted by Gasteiger charge is 2.30. The van der Waals surface area contributed by atoms with Gasteiger partial charge < -0.3 is 19.9 Å². The number of carbonyl (C=O) groups excluding carboxylic acids is 1. The molecule has 132 valence electrons. The first-order valence-electron chi connectivity index (χ1n) is 8.74. The number of aromatic nitrogens is 2. The molecule has 0 atom stereocenters. The summed E-state index contributed by atoms with van der Waals surface area (Å²) in [5.74, 6) is 1.20. The largest absolute Gasteiger partial charge is 0.406 e. The third kappa shape index (κ3) is 3.52. The zero-order chi connectivity index (χ0) is 17.1. The van der Waals surface area contributed by atoms with Gasteiger partial charge in [-0.1, -0.05) is 19.3 Å². The predicted octanol–water partition coefficient (Wildman–Crippen LogP) is 1.95. The van der Waals surface area contributed by atoms with Crippen LogP contribution in [0.3, 0.4) is 0 Å². The number of nitrogens with zero attached hydrogens (tertiary/aromatic N) is 5. The minimum absolute atomic E-state index is 0.112. The summed E-state index contributed by atoms with van der Waals surface area (Å²) >= 11 is 0. The first-order chi connectivity index (χ1) is 11.6. The Balaban J connectivity index is 1.56. The van der Waals surface area contributed by atoms with Crippen molar-refractivity contribution in [3.63, 3.8) is 0 Å². The van der Waals surface area contributed by atoms with Crippen LogP contribution in [0.5, 0.6) is 0 Å². The fraction of sp³-hybridized carbons (Fsp3) is 0.750. The van der Waals surface area contributed by atoms with Gasteiger partial charge in [-0.3, -0.25) is 9.36 Å². The van der Waals surface area contributed by atoms with E-state index in [4.69, 9.17) is 0 Å². The molecular formula is C16H25N5O3. The molecule has 0 aromatic carbocycles. The van der Waals surface area contributed by atoms with Gasteiger partial charge in [0, 0.05) is 39.6 Å². The van der Waals surface area contributed by atoms with Gasteiger partial charge in [-0.05, 0) is 28.7 Å². The molecule has 2 heterocycles. The zero-order valence-electron chi connectivity index (χ0n) is 14.2. The fourth-order valence-electron chi connectivity index (χ4n) is 3.84. The summed E-state index contributed by atoms with van der Waals surface area (Å²) < 4.78 is 1.68. The Hall–Kier alpha value is -2.12. The van der Waals surface area contributed by atoms with Crippen LogP contribution in [0.15, 0.2) is 6.33 Å². The van der Waals surface area contributed by atoms with Crippen molar-refractivity contribution in [2.45, 2.75) is 38.5 Å². The SMILES string of the molecule is Cn1cnc([N+](=O)[O-])c1N1CCN(C(=O)CC2CCCCC2)CC1. The van der Waals surface area contributed by atoms with Crippen molar-refractivity contribution in [2.75, 3.05) is 31.1 Å². The van der Waals surface area contributed by atoms with Gasteiger partial charge in [-0.25, -0.2) is 0 Å². The van der Waals surface area contributed by atoms with Gasteiger partial charge in [0.2, 0.25) is 18.1 Å². The quantitative estimate of drug-likeness (QED) is 0.620. The third-order valence-corrected chi connectivity index (χ3v) is 5.18. The summed E-state index contributed by atoms with van der Waals surface area (Å²) in [4.78, 5) is 30.9. The second kappa shape index (κ2) is 7.19. The molecule has 1 saturated heterocycles. The Morgan fingerprint density at radius 3 is 2.54 bits per heavy atom. The Labute approximate surface area is 141 Å². The van der Waals surface area contributed by atoms with Crippen LogP contribution in [-0.2, 0) is 11.8 Å². The zero-order valence-corrected chi connectivity index (χ0v) is 14.2. The summed E-state index contributed by atoms with van der Waals surface area (Å²) in [5, 5.41) is 11.1. The van der Waals surface area contributed by atoms with E-state index in [1.807, 2.05) is 9.80 Å². The average Bonchev–Trinajstić information content (AvgIpc) is 2.98. The van der Waals surface area contributed by atoms with E-state index in [0.717, 1.165) is 0 Å². The number of imidazole rings is 1. The lowest BCUT2D eigenvalue weighted by Gasteiger charge is -2.36. The number of hydrogen-bond donors (Lipinski definition) is 0. The number of carbonyl (C=O) groups is 1. The molecule has 1 saturated carbocycles. The molecule has 2 fully saturated rings. The van der Waals surface area contributed by atoms with E-state index >= 15 is 0 Å². The van der Waals surface area contributed by atoms with E-state index in [-0.39, 0.29) is 11.7 Å². The number of amides is 1. The Morgan fingerprint density at radius 2 is 1.92 bits per heavy atom. The molecular weight excluding hydrogens is 310 g/mol. The van der Waals surface area contributed by atoms with E-state index in [0.29, 0.717) is 44.3 Å². The molecule has 24 heavy (non-hydrogen) atoms. The van der Waals surface area contributed by atoms with Gasteiger partial charge in [0.1, 0.15) is 0 Å². The van der Waals surface area contributed by atoms with Crippen molar-refractivity contribution in [3.8, 4) is 0 Å². The smallest absolute Gasteiger partial charge is 0.358 e. The second-order valence-corrected chi connectivity index (χ2v) is 6.84. The molecule has 0 radical (unpaired) electrons. The highest BCUT2D eigenvalue weighted by atomic mass is 16.6. The van der Waals surface area contributed by atoms with Gasteiger partial charge in [0.05, 0.1) is 0 Å². The minimum atomic E-state index is -0.448. The van der Waals surface area contributed by atoms with Gasteiger partial charge in [-0.2, -0.15) is 0 Å². The van der Waals surface area contributed by atoms with Crippen LogP contribution in [0.25, 0.3) is 0 Å². The first-order valence-corrected chi connectivity index (χ1v) is 8.74. The van der Waals surface area contributed by atoms with Gasteiger partial charge >= 0.3 is 5.82 Å². The molecule has 1 aliphatic carbocycles. The van der Waals surface area contributed by atoms with Gasteiger partial charge in [0.25, 0.3) is 0 Å². The van der Waals surface area contributed by atoms with Crippen molar-refractivity contribution in [3.05, 3.63) is 16.4 Å². The van der Waals surface area contributed by atoms with Gasteiger partial charge in [-0.15, -0.1) is 0 Å². The molecule has 1 amide bonds. The molecule has 3 rings (SSSR count). The van der Waals surface area contributed by atoms with Crippen LogP contribution in [0, 0.1) is 16.0 Å². The van der Waals surface area contributed by atoms with Crippen molar-refractivity contribution in [1.29, 1.82) is 0 Å². The third-order valence-electron chi connectivity index (χ3n) is 5.18. The molecule has 0 bridgehead atoms. The molecule has 2 aliphatic rings. The number of rotatable bonds is 4. The van der Waals surface area contributed by atoms with Crippen molar-refractivity contribution in [2.24, 2.45) is 13.0 Å². The molecule has 0 N–H and O–H groups in total. The summed E-state index contributed by atoms with van der Waals surface area (Å²) in [5.41, 5.74) is 0. The fourth-order valence-corrected chi connectivity index (χ4v) is 3.84. The summed E-state index contributed by atoms with van der Waals surface area (Å²) in [6.45, 7) is 2.45. The lowest BCUT2D eigenvalue weighted by Crippen LogP contribution is -2.49. The van der Waals surface area contributed by atoms with Crippen LogP contribution in [0.2, 0.25) is 0 Å². The number of hydrogen-bond acceptors (Lipinski definition) is 5. The second-order valence-electron chi connectivity index (χ2n) is 6.84. The van der Waals surface area contributed by atoms with Crippen LogP contribution in [0.4, 0.5) is 11.6 Å². The van der Waals surface area contributed by atoms with E-state index in [2.05, 4.69) is 4.98 Å². The summed E-state index contributed by atoms with van der Waals surface area (Å²) in [6, 6.07) is 0. The molecule has 0 spiro atoms. The maximum atomic E-state index is 12.5. The van der Waals surface area contributed by atoms with Crippen LogP contribution in [-0.4, -0.2) is 51.5 Å². The molecule has 0 unspecified atom stereocenters. The number of aryl methyl sites for hydroxylation is 1.